The summed E-state index contributed by atoms with van der Waals surface area (Å²) in [7, 11) is 0. The van der Waals surface area contributed by atoms with Crippen molar-refractivity contribution < 1.29 is 53.6 Å². The van der Waals surface area contributed by atoms with E-state index in [1.165, 1.54) is 18.3 Å². The molecule has 0 radical (unpaired) electrons. The maximum atomic E-state index is 13.4. The van der Waals surface area contributed by atoms with Crippen LogP contribution in [0.2, 0.25) is 0 Å². The van der Waals surface area contributed by atoms with E-state index in [1.807, 2.05) is 45.9 Å². The number of carbonyl (C=O) groups is 6. The van der Waals surface area contributed by atoms with Crippen LogP contribution in [0.15, 0.2) is 53.2 Å². The van der Waals surface area contributed by atoms with Gasteiger partial charge in [0.05, 0.1) is 55.9 Å². The van der Waals surface area contributed by atoms with Gasteiger partial charge in [0.25, 0.3) is 11.5 Å². The molecule has 2 aliphatic heterocycles. The minimum absolute atomic E-state index is 0.0311. The number of aliphatic carboxylic acids is 2. The van der Waals surface area contributed by atoms with Crippen LogP contribution >= 0.6 is 0 Å². The number of carboxylic acids is 3. The number of aromatic carboxylic acids is 1. The summed E-state index contributed by atoms with van der Waals surface area (Å²) in [6.45, 7) is 14.4. The highest BCUT2D eigenvalue weighted by atomic mass is 16.5. The molecule has 8 rings (SSSR count). The number of nitrogen functional groups attached to an aromatic ring is 1. The number of carbonyl (C=O) groups excluding carboxylic acids is 3. The van der Waals surface area contributed by atoms with Gasteiger partial charge in [0.2, 0.25) is 17.8 Å². The van der Waals surface area contributed by atoms with Gasteiger partial charge in [0.1, 0.15) is 12.8 Å². The van der Waals surface area contributed by atoms with E-state index in [-0.39, 0.29) is 117 Å². The Morgan fingerprint density at radius 1 is 0.843 bits per heavy atom. The number of allylic oxidation sites excluding steroid dienone is 2. The minimum atomic E-state index is -1.36. The Hall–Kier alpha value is -9.62. The molecule has 7 heterocycles. The van der Waals surface area contributed by atoms with Crippen molar-refractivity contribution in [1.29, 1.82) is 0 Å². The van der Waals surface area contributed by atoms with Crippen LogP contribution in [0.5, 0.6) is 0 Å². The zero-order valence-corrected chi connectivity index (χ0v) is 46.6. The lowest BCUT2D eigenvalue weighted by molar-refractivity contribution is -0.139. The number of rotatable bonds is 25. The van der Waals surface area contributed by atoms with E-state index in [2.05, 4.69) is 68.1 Å². The molecule has 2 aliphatic rings. The van der Waals surface area contributed by atoms with Crippen LogP contribution in [0.4, 0.5) is 11.6 Å². The third-order valence-corrected chi connectivity index (χ3v) is 14.8. The van der Waals surface area contributed by atoms with Gasteiger partial charge in [-0.3, -0.25) is 29.0 Å². The summed E-state index contributed by atoms with van der Waals surface area (Å²) < 4.78 is 11.1. The summed E-state index contributed by atoms with van der Waals surface area (Å²) in [5.41, 5.74) is 14.6. The second-order valence-electron chi connectivity index (χ2n) is 20.2. The zero-order chi connectivity index (χ0) is 59.6. The van der Waals surface area contributed by atoms with Crippen LogP contribution in [-0.4, -0.2) is 125 Å². The molecule has 0 saturated carbocycles. The number of anilines is 2. The van der Waals surface area contributed by atoms with Crippen molar-refractivity contribution >= 4 is 88.3 Å². The lowest BCUT2D eigenvalue weighted by Gasteiger charge is -2.19. The van der Waals surface area contributed by atoms with Crippen LogP contribution in [0.1, 0.15) is 123 Å². The molecule has 5 aromatic heterocycles. The summed E-state index contributed by atoms with van der Waals surface area (Å²) in [4.78, 5) is 114. The molecule has 0 spiro atoms. The fourth-order valence-electron chi connectivity index (χ4n) is 10.3. The van der Waals surface area contributed by atoms with Crippen molar-refractivity contribution in [1.82, 2.24) is 56.2 Å². The van der Waals surface area contributed by atoms with Crippen molar-refractivity contribution in [3.05, 3.63) is 137 Å². The third-order valence-electron chi connectivity index (χ3n) is 14.8. The fraction of sp³-hybridized carbons (Fsp3) is 0.345. The maximum absolute atomic E-state index is 13.4. The van der Waals surface area contributed by atoms with Gasteiger partial charge in [-0.15, -0.1) is 0 Å². The smallest absolute Gasteiger partial charge is 0.338 e. The molecule has 1 fully saturated rings. The molecule has 25 nitrogen and oxygen atoms in total. The molecule has 3 amide bonds. The number of carboxylic acid groups (broad SMARTS) is 3. The predicted octanol–water partition coefficient (Wildman–Crippen LogP) is 3.44. The van der Waals surface area contributed by atoms with Gasteiger partial charge in [-0.2, -0.15) is 4.98 Å². The molecule has 6 aromatic rings. The topological polar surface area (TPSA) is 387 Å². The Bertz CT molecular complexity index is 3770. The Balaban J connectivity index is 0.803. The largest absolute Gasteiger partial charge is 0.481 e. The van der Waals surface area contributed by atoms with Crippen LogP contribution in [0.25, 0.3) is 41.0 Å². The van der Waals surface area contributed by atoms with Crippen molar-refractivity contribution in [2.24, 2.45) is 11.8 Å². The highest BCUT2D eigenvalue weighted by Crippen LogP contribution is 2.43. The SMILES string of the molecule is C=Cc1c2[nH]c(c1C)C=C1NC(=C(CC(=O)O)c3[nH]c(c(C)c3C(=O)O)C=c3[nH]c(c(C)c3CC)=C2)C(CCC(=O)NCCOCCOCNC(=O)CCC(NC(=O)c2ccc(NCc3cnc4nc(N)[nH]c(=O)c4n3)cc2)C(=O)O)C1C. The normalized spacial score (nSPS) is 14.9. The number of benzene rings is 1. The van der Waals surface area contributed by atoms with Crippen LogP contribution < -0.4 is 48.6 Å². The number of ether oxygens (including phenoxy) is 2. The van der Waals surface area contributed by atoms with Crippen molar-refractivity contribution in [2.45, 2.75) is 85.7 Å². The lowest BCUT2D eigenvalue weighted by atomic mass is 9.85. The number of nitrogens with two attached hydrogens (primary N) is 1. The first kappa shape index (κ1) is 59.5. The predicted molar refractivity (Wildman–Crippen MR) is 309 cm³/mol. The molecule has 14 N–H and O–H groups in total. The quantitative estimate of drug-likeness (QED) is 0.0288. The van der Waals surface area contributed by atoms with Gasteiger partial charge in [0.15, 0.2) is 11.2 Å². The van der Waals surface area contributed by atoms with Gasteiger partial charge >= 0.3 is 17.9 Å². The highest BCUT2D eigenvalue weighted by Gasteiger charge is 2.37. The number of aromatic nitrogens is 7. The molecule has 3 unspecified atom stereocenters. The molecule has 0 aliphatic carbocycles. The lowest BCUT2D eigenvalue weighted by Crippen LogP contribution is -2.41. The first-order chi connectivity index (χ1) is 39.7. The Morgan fingerprint density at radius 2 is 1.57 bits per heavy atom. The zero-order valence-electron chi connectivity index (χ0n) is 46.6. The van der Waals surface area contributed by atoms with Crippen LogP contribution in [0.3, 0.4) is 0 Å². The Labute approximate surface area is 475 Å². The standard InChI is InChI=1S/C58H67N13O12/c1-7-35-28(3)40-22-42-30(5)37(50(67-42)38(21-48(74)75)51-49(57(80)81)31(6)43(68-51)24-45-36(8-2)29(4)41(66-45)23-44(35)65-40)13-15-46(72)60-17-18-82-19-20-83-27-63-47(73)16-14-39(56(78)79)69-54(76)32-9-11-33(12-10-32)61-25-34-26-62-53-52(64-34)55(77)71-58(59)70-53/h7,9-12,22-24,26,30,37,39,61,65-68H,1,8,13-21,25,27H2,2-6H3,(H,60,72)(H,63,73)(H,69,76)(H,74,75)(H,78,79)(H,80,81)(H3,59,62,70,71,77). The molecule has 436 valence electrons. The number of hydrogen-bond donors (Lipinski definition) is 13. The van der Waals surface area contributed by atoms with E-state index in [9.17, 15) is 48.9 Å². The highest BCUT2D eigenvalue weighted by molar-refractivity contribution is 5.99. The minimum Gasteiger partial charge on any atom is -0.481 e. The van der Waals surface area contributed by atoms with Gasteiger partial charge in [0, 0.05) is 92.8 Å². The average molecular weight is 1140 g/mol. The van der Waals surface area contributed by atoms with E-state index in [4.69, 9.17) is 15.2 Å². The van der Waals surface area contributed by atoms with Gasteiger partial charge in [-0.1, -0.05) is 26.5 Å². The molecule has 3 atom stereocenters. The van der Waals surface area contributed by atoms with E-state index < -0.39 is 53.7 Å². The fourth-order valence-corrected chi connectivity index (χ4v) is 10.3. The first-order valence-corrected chi connectivity index (χ1v) is 27.0. The summed E-state index contributed by atoms with van der Waals surface area (Å²) in [6.07, 6.45) is 9.25. The average Bonchev–Trinajstić information content (AvgIpc) is 4.02. The molecular formula is C58H67N13O12. The molecule has 25 heteroatoms. The van der Waals surface area contributed by atoms with E-state index >= 15 is 0 Å². The number of fused-ring (bicyclic) bond motifs is 9. The molecule has 83 heavy (non-hydrogen) atoms. The number of amides is 3. The summed E-state index contributed by atoms with van der Waals surface area (Å²) in [5.74, 6) is -5.90. The first-order valence-electron chi connectivity index (χ1n) is 27.0. The third kappa shape index (κ3) is 13.9. The van der Waals surface area contributed by atoms with Gasteiger partial charge in [-0.05, 0) is 105 Å². The van der Waals surface area contributed by atoms with E-state index in [1.54, 1.807) is 25.1 Å². The van der Waals surface area contributed by atoms with Crippen molar-refractivity contribution in [3.63, 3.8) is 0 Å². The van der Waals surface area contributed by atoms with E-state index in [0.29, 0.717) is 34.8 Å². The van der Waals surface area contributed by atoms with E-state index in [0.717, 1.165) is 50.0 Å². The second kappa shape index (κ2) is 26.3. The molecule has 8 bridgehead atoms. The number of nitrogens with one attached hydrogen (secondary N) is 9. The second-order valence-corrected chi connectivity index (χ2v) is 20.2. The monoisotopic (exact) mass is 1140 g/mol. The molecule has 1 aromatic carbocycles. The maximum Gasteiger partial charge on any atom is 0.338 e. The summed E-state index contributed by atoms with van der Waals surface area (Å²) in [6, 6.07) is 4.84. The van der Waals surface area contributed by atoms with Crippen molar-refractivity contribution in [3.8, 4) is 0 Å². The number of nitrogens with zero attached hydrogens (tertiary/aromatic N) is 3. The number of H-pyrrole nitrogens is 4. The van der Waals surface area contributed by atoms with Gasteiger partial charge in [-0.25, -0.2) is 19.6 Å². The van der Waals surface area contributed by atoms with Crippen molar-refractivity contribution in [2.75, 3.05) is 44.1 Å². The molecule has 1 saturated heterocycles. The number of aromatic amines is 4. The van der Waals surface area contributed by atoms with Gasteiger partial charge < -0.3 is 72.1 Å². The molecular weight excluding hydrogens is 1070 g/mol. The summed E-state index contributed by atoms with van der Waals surface area (Å²) in [5, 5.41) is 46.9. The summed E-state index contributed by atoms with van der Waals surface area (Å²) >= 11 is 0. The van der Waals surface area contributed by atoms with Crippen LogP contribution in [-0.2, 0) is 41.6 Å². The van der Waals surface area contributed by atoms with Crippen LogP contribution in [0, 0.1) is 32.6 Å². The Kier molecular flexibility index (Phi) is 18.9. The Morgan fingerprint density at radius 3 is 2.28 bits per heavy atom. The number of hydrogen-bond acceptors (Lipinski definition) is 15.